The molecule has 0 spiro atoms. The summed E-state index contributed by atoms with van der Waals surface area (Å²) in [6.45, 7) is 0.626. The first-order valence-electron chi connectivity index (χ1n) is 8.90. The fourth-order valence-corrected chi connectivity index (χ4v) is 3.40. The van der Waals surface area contributed by atoms with Crippen molar-refractivity contribution in [2.45, 2.75) is 19.3 Å². The molecule has 1 heterocycles. The molecule has 27 heavy (non-hydrogen) atoms. The molecule has 3 rings (SSSR count). The van der Waals surface area contributed by atoms with Gasteiger partial charge in [-0.05, 0) is 61.7 Å². The number of hydrogen-bond donors (Lipinski definition) is 3. The summed E-state index contributed by atoms with van der Waals surface area (Å²) in [7, 11) is 3.22. The second kappa shape index (κ2) is 8.14. The summed E-state index contributed by atoms with van der Waals surface area (Å²) >= 11 is 0. The summed E-state index contributed by atoms with van der Waals surface area (Å²) in [6.07, 6.45) is 2.61. The Labute approximate surface area is 157 Å². The minimum Gasteiger partial charge on any atom is -0.493 e. The maximum Gasteiger partial charge on any atom is 0.335 e. The molecule has 142 valence electrons. The third kappa shape index (κ3) is 3.61. The van der Waals surface area contributed by atoms with Crippen LogP contribution in [0.1, 0.15) is 28.8 Å². The highest BCUT2D eigenvalue weighted by atomic mass is 16.5. The summed E-state index contributed by atoms with van der Waals surface area (Å²) in [6, 6.07) is 10.9. The molecular formula is C21H24N2O4. The Balaban J connectivity index is 2.22. The average molecular weight is 368 g/mol. The molecule has 6 nitrogen and oxygen atoms in total. The van der Waals surface area contributed by atoms with Crippen LogP contribution in [0.25, 0.3) is 22.2 Å². The largest absolute Gasteiger partial charge is 0.493 e. The molecule has 0 amide bonds. The van der Waals surface area contributed by atoms with Crippen molar-refractivity contribution in [3.8, 4) is 22.8 Å². The van der Waals surface area contributed by atoms with E-state index in [1.165, 1.54) is 0 Å². The normalized spacial score (nSPS) is 10.9. The van der Waals surface area contributed by atoms with E-state index in [2.05, 4.69) is 4.98 Å². The zero-order valence-corrected chi connectivity index (χ0v) is 15.5. The highest BCUT2D eigenvalue weighted by molar-refractivity contribution is 5.98. The first kappa shape index (κ1) is 18.8. The summed E-state index contributed by atoms with van der Waals surface area (Å²) in [5, 5.41) is 10.3. The highest BCUT2D eigenvalue weighted by Crippen LogP contribution is 2.41. The van der Waals surface area contributed by atoms with Crippen molar-refractivity contribution in [3.63, 3.8) is 0 Å². The van der Waals surface area contributed by atoms with E-state index < -0.39 is 5.97 Å². The van der Waals surface area contributed by atoms with E-state index in [4.69, 9.17) is 15.2 Å². The standard InChI is InChI=1S/C21H24N2O4/c1-26-18-8-5-7-15(20(18)27-2)19-14(6-3-4-11-22)16-12-13(21(24)25)9-10-17(16)23-19/h5,7-10,12,23H,3-4,6,11,22H2,1-2H3,(H,24,25). The number of rotatable bonds is 8. The van der Waals surface area contributed by atoms with Gasteiger partial charge in [0.15, 0.2) is 11.5 Å². The molecule has 0 radical (unpaired) electrons. The third-order valence-corrected chi connectivity index (χ3v) is 4.71. The highest BCUT2D eigenvalue weighted by Gasteiger charge is 2.19. The van der Waals surface area contributed by atoms with Crippen LogP contribution in [-0.2, 0) is 6.42 Å². The van der Waals surface area contributed by atoms with Gasteiger partial charge < -0.3 is 25.3 Å². The molecule has 0 saturated heterocycles. The Bertz CT molecular complexity index is 962. The fraction of sp³-hybridized carbons (Fsp3) is 0.286. The van der Waals surface area contributed by atoms with Gasteiger partial charge in [-0.15, -0.1) is 0 Å². The number of hydrogen-bond acceptors (Lipinski definition) is 4. The number of fused-ring (bicyclic) bond motifs is 1. The van der Waals surface area contributed by atoms with Gasteiger partial charge in [-0.1, -0.05) is 6.07 Å². The van der Waals surface area contributed by atoms with Crippen LogP contribution in [0, 0.1) is 0 Å². The van der Waals surface area contributed by atoms with Crippen LogP contribution in [0.4, 0.5) is 0 Å². The van der Waals surface area contributed by atoms with Crippen LogP contribution in [0.3, 0.4) is 0 Å². The Hall–Kier alpha value is -2.99. The predicted molar refractivity (Wildman–Crippen MR) is 106 cm³/mol. The Morgan fingerprint density at radius 1 is 1.15 bits per heavy atom. The molecule has 2 aromatic carbocycles. The maximum absolute atomic E-state index is 11.4. The molecule has 0 aliphatic carbocycles. The van der Waals surface area contributed by atoms with E-state index in [0.717, 1.165) is 47.0 Å². The van der Waals surface area contributed by atoms with E-state index >= 15 is 0 Å². The number of para-hydroxylation sites is 1. The SMILES string of the molecule is COc1cccc(-c2[nH]c3ccc(C(=O)O)cc3c2CCCCN)c1OC. The number of aromatic carboxylic acids is 1. The summed E-state index contributed by atoms with van der Waals surface area (Å²) < 4.78 is 11.0. The number of ether oxygens (including phenoxy) is 2. The quantitative estimate of drug-likeness (QED) is 0.525. The van der Waals surface area contributed by atoms with Gasteiger partial charge in [-0.3, -0.25) is 0 Å². The van der Waals surface area contributed by atoms with Crippen LogP contribution in [0.15, 0.2) is 36.4 Å². The second-order valence-electron chi connectivity index (χ2n) is 6.33. The van der Waals surface area contributed by atoms with E-state index in [1.54, 1.807) is 32.4 Å². The van der Waals surface area contributed by atoms with Crippen molar-refractivity contribution in [1.29, 1.82) is 0 Å². The lowest BCUT2D eigenvalue weighted by molar-refractivity contribution is 0.0697. The molecule has 0 atom stereocenters. The Kier molecular flexibility index (Phi) is 5.66. The van der Waals surface area contributed by atoms with Crippen molar-refractivity contribution in [1.82, 2.24) is 4.98 Å². The van der Waals surface area contributed by atoms with Gasteiger partial charge in [-0.25, -0.2) is 4.79 Å². The van der Waals surface area contributed by atoms with E-state index in [-0.39, 0.29) is 5.56 Å². The lowest BCUT2D eigenvalue weighted by Crippen LogP contribution is -2.00. The topological polar surface area (TPSA) is 97.6 Å². The minimum atomic E-state index is -0.938. The molecular weight excluding hydrogens is 344 g/mol. The number of carboxylic acids is 1. The number of methoxy groups -OCH3 is 2. The fourth-order valence-electron chi connectivity index (χ4n) is 3.40. The number of aromatic nitrogens is 1. The van der Waals surface area contributed by atoms with Crippen molar-refractivity contribution < 1.29 is 19.4 Å². The lowest BCUT2D eigenvalue weighted by Gasteiger charge is -2.13. The monoisotopic (exact) mass is 368 g/mol. The molecule has 4 N–H and O–H groups in total. The Morgan fingerprint density at radius 3 is 2.63 bits per heavy atom. The number of aromatic amines is 1. The maximum atomic E-state index is 11.4. The van der Waals surface area contributed by atoms with Crippen LogP contribution in [-0.4, -0.2) is 36.8 Å². The van der Waals surface area contributed by atoms with Crippen LogP contribution in [0.2, 0.25) is 0 Å². The predicted octanol–water partition coefficient (Wildman–Crippen LogP) is 3.83. The number of carboxylic acid groups (broad SMARTS) is 1. The second-order valence-corrected chi connectivity index (χ2v) is 6.33. The van der Waals surface area contributed by atoms with Gasteiger partial charge in [0.1, 0.15) is 0 Å². The zero-order valence-electron chi connectivity index (χ0n) is 15.5. The zero-order chi connectivity index (χ0) is 19.4. The van der Waals surface area contributed by atoms with Gasteiger partial charge in [0.2, 0.25) is 0 Å². The first-order chi connectivity index (χ1) is 13.1. The number of H-pyrrole nitrogens is 1. The van der Waals surface area contributed by atoms with Gasteiger partial charge >= 0.3 is 5.97 Å². The molecule has 0 fully saturated rings. The average Bonchev–Trinajstić information content (AvgIpc) is 3.05. The van der Waals surface area contributed by atoms with Crippen LogP contribution < -0.4 is 15.2 Å². The summed E-state index contributed by atoms with van der Waals surface area (Å²) in [5.41, 5.74) is 9.68. The number of nitrogens with two attached hydrogens (primary N) is 1. The molecule has 0 aliphatic rings. The lowest BCUT2D eigenvalue weighted by atomic mass is 9.98. The number of carbonyl (C=O) groups is 1. The molecule has 0 bridgehead atoms. The molecule has 1 aromatic heterocycles. The van der Waals surface area contributed by atoms with Crippen LogP contribution in [0.5, 0.6) is 11.5 Å². The van der Waals surface area contributed by atoms with E-state index in [0.29, 0.717) is 18.0 Å². The molecule has 0 unspecified atom stereocenters. The number of benzene rings is 2. The molecule has 3 aromatic rings. The van der Waals surface area contributed by atoms with Crippen molar-refractivity contribution >= 4 is 16.9 Å². The van der Waals surface area contributed by atoms with E-state index in [9.17, 15) is 9.90 Å². The van der Waals surface area contributed by atoms with Gasteiger partial charge in [0.05, 0.1) is 25.5 Å². The molecule has 0 saturated carbocycles. The number of unbranched alkanes of at least 4 members (excludes halogenated alkanes) is 1. The van der Waals surface area contributed by atoms with Gasteiger partial charge in [0, 0.05) is 16.5 Å². The van der Waals surface area contributed by atoms with E-state index in [1.807, 2.05) is 18.2 Å². The van der Waals surface area contributed by atoms with Gasteiger partial charge in [0.25, 0.3) is 0 Å². The molecule has 6 heteroatoms. The number of aryl methyl sites for hydroxylation is 1. The molecule has 0 aliphatic heterocycles. The third-order valence-electron chi connectivity index (χ3n) is 4.71. The van der Waals surface area contributed by atoms with Crippen LogP contribution >= 0.6 is 0 Å². The summed E-state index contributed by atoms with van der Waals surface area (Å²) in [4.78, 5) is 14.9. The smallest absolute Gasteiger partial charge is 0.335 e. The van der Waals surface area contributed by atoms with Crippen molar-refractivity contribution in [3.05, 3.63) is 47.5 Å². The summed E-state index contributed by atoms with van der Waals surface area (Å²) in [5.74, 6) is 0.351. The number of nitrogens with one attached hydrogen (secondary N) is 1. The first-order valence-corrected chi connectivity index (χ1v) is 8.90. The Morgan fingerprint density at radius 2 is 1.96 bits per heavy atom. The minimum absolute atomic E-state index is 0.269. The van der Waals surface area contributed by atoms with Crippen molar-refractivity contribution in [2.24, 2.45) is 5.73 Å². The van der Waals surface area contributed by atoms with Gasteiger partial charge in [-0.2, -0.15) is 0 Å². The van der Waals surface area contributed by atoms with Crippen molar-refractivity contribution in [2.75, 3.05) is 20.8 Å².